The van der Waals surface area contributed by atoms with E-state index in [9.17, 15) is 14.4 Å². The van der Waals surface area contributed by atoms with Crippen molar-refractivity contribution in [2.45, 2.75) is 44.1 Å². The highest BCUT2D eigenvalue weighted by atomic mass is 35.5. The van der Waals surface area contributed by atoms with Gasteiger partial charge in [-0.15, -0.1) is 0 Å². The summed E-state index contributed by atoms with van der Waals surface area (Å²) in [6, 6.07) is 14.8. The van der Waals surface area contributed by atoms with Gasteiger partial charge >= 0.3 is 0 Å². The first kappa shape index (κ1) is 33.8. The van der Waals surface area contributed by atoms with Gasteiger partial charge < -0.3 is 30.4 Å². The number of rotatable bonds is 11. The van der Waals surface area contributed by atoms with Crippen molar-refractivity contribution in [3.05, 3.63) is 64.3 Å². The third-order valence-electron chi connectivity index (χ3n) is 9.15. The molecule has 2 aliphatic rings. The van der Waals surface area contributed by atoms with Gasteiger partial charge in [-0.1, -0.05) is 35.7 Å². The molecule has 3 aromatic rings. The second-order valence-corrected chi connectivity index (χ2v) is 12.8. The predicted octanol–water partition coefficient (Wildman–Crippen LogP) is 4.49. The number of hydrogen-bond donors (Lipinski definition) is 3. The van der Waals surface area contributed by atoms with Crippen molar-refractivity contribution in [3.63, 3.8) is 0 Å². The van der Waals surface area contributed by atoms with E-state index in [1.807, 2.05) is 52.9 Å². The summed E-state index contributed by atoms with van der Waals surface area (Å²) in [4.78, 5) is 42.1. The zero-order chi connectivity index (χ0) is 32.8. The summed E-state index contributed by atoms with van der Waals surface area (Å²) in [7, 11) is 1.87. The number of primary amides is 1. The molecule has 2 aliphatic heterocycles. The lowest BCUT2D eigenvalue weighted by Gasteiger charge is -2.48. The molecular weight excluding hydrogens is 629 g/mol. The Bertz CT molecular complexity index is 1560. The van der Waals surface area contributed by atoms with E-state index in [-0.39, 0.29) is 11.8 Å². The van der Waals surface area contributed by atoms with Crippen molar-refractivity contribution in [3.8, 4) is 28.1 Å². The molecule has 3 amide bonds. The molecule has 0 bridgehead atoms. The van der Waals surface area contributed by atoms with E-state index in [0.717, 1.165) is 54.7 Å². The fourth-order valence-corrected chi connectivity index (χ4v) is 7.12. The number of halogens is 2. The van der Waals surface area contributed by atoms with Crippen molar-refractivity contribution in [2.24, 2.45) is 12.8 Å². The number of aliphatic hydroxyl groups excluding tert-OH is 1. The molecule has 0 unspecified atom stereocenters. The summed E-state index contributed by atoms with van der Waals surface area (Å²) in [5.41, 5.74) is 8.99. The third kappa shape index (κ3) is 7.20. The fourth-order valence-electron chi connectivity index (χ4n) is 6.61. The van der Waals surface area contributed by atoms with Gasteiger partial charge in [0.2, 0.25) is 11.8 Å². The van der Waals surface area contributed by atoms with E-state index in [1.54, 1.807) is 12.1 Å². The molecule has 1 aromatic heterocycles. The van der Waals surface area contributed by atoms with E-state index in [2.05, 4.69) is 10.2 Å². The Labute approximate surface area is 279 Å². The van der Waals surface area contributed by atoms with Crippen LogP contribution >= 0.6 is 23.2 Å². The van der Waals surface area contributed by atoms with Crippen LogP contribution in [0.2, 0.25) is 10.0 Å². The molecule has 4 N–H and O–H groups in total. The standard InChI is InChI=1S/C34H41Cl2N5O5/c1-39-29(32(44)40-17-12-34(13-18-40,33(37)45)41-15-3-2-4-16-41)21-27(26-11-8-24(35)20-28(26)36)31(39)23-6-9-25(10-7-23)46-19-5-14-38-30(43)22-42/h6-11,20-21,42H,2-5,12-19,22H2,1H3,(H2,37,45)(H,38,43). The van der Waals surface area contributed by atoms with E-state index in [1.165, 1.54) is 0 Å². The Morgan fingerprint density at radius 3 is 2.28 bits per heavy atom. The van der Waals surface area contributed by atoms with Gasteiger partial charge in [0.25, 0.3) is 5.91 Å². The number of hydrogen-bond acceptors (Lipinski definition) is 6. The molecule has 0 radical (unpaired) electrons. The number of aliphatic hydroxyl groups is 1. The number of likely N-dealkylation sites (tertiary alicyclic amines) is 2. The first-order chi connectivity index (χ1) is 22.1. The van der Waals surface area contributed by atoms with Crippen molar-refractivity contribution in [2.75, 3.05) is 45.9 Å². The Morgan fingerprint density at radius 1 is 0.957 bits per heavy atom. The SMILES string of the molecule is Cn1c(C(=O)N2CCC(C(N)=O)(N3CCCCC3)CC2)cc(-c2ccc(Cl)cc2Cl)c1-c1ccc(OCCCNC(=O)CO)cc1. The molecule has 0 atom stereocenters. The molecule has 10 nitrogen and oxygen atoms in total. The second-order valence-electron chi connectivity index (χ2n) is 11.9. The van der Waals surface area contributed by atoms with Crippen LogP contribution in [0.4, 0.5) is 0 Å². The first-order valence-electron chi connectivity index (χ1n) is 15.7. The van der Waals surface area contributed by atoms with Gasteiger partial charge in [-0.2, -0.15) is 0 Å². The molecule has 3 heterocycles. The number of nitrogens with two attached hydrogens (primary N) is 1. The minimum atomic E-state index is -0.713. The molecule has 46 heavy (non-hydrogen) atoms. The Balaban J connectivity index is 1.39. The molecule has 5 rings (SSSR count). The number of carbonyl (C=O) groups excluding carboxylic acids is 3. The van der Waals surface area contributed by atoms with Gasteiger partial charge in [-0.3, -0.25) is 19.3 Å². The minimum absolute atomic E-state index is 0.120. The summed E-state index contributed by atoms with van der Waals surface area (Å²) in [6.45, 7) is 2.85. The quantitative estimate of drug-likeness (QED) is 0.258. The monoisotopic (exact) mass is 669 g/mol. The number of carbonyl (C=O) groups is 3. The number of nitrogens with zero attached hydrogens (tertiary/aromatic N) is 3. The van der Waals surface area contributed by atoms with Gasteiger partial charge in [0.05, 0.1) is 12.3 Å². The lowest BCUT2D eigenvalue weighted by Crippen LogP contribution is -2.63. The maximum atomic E-state index is 14.1. The molecule has 12 heteroatoms. The molecule has 246 valence electrons. The topological polar surface area (TPSA) is 130 Å². The van der Waals surface area contributed by atoms with Gasteiger partial charge in [-0.25, -0.2) is 0 Å². The van der Waals surface area contributed by atoms with Crippen LogP contribution in [0.15, 0.2) is 48.5 Å². The fraction of sp³-hybridized carbons (Fsp3) is 0.441. The normalized spacial score (nSPS) is 16.7. The molecular formula is C34H41Cl2N5O5. The van der Waals surface area contributed by atoms with Gasteiger partial charge in [0.1, 0.15) is 23.6 Å². The average molecular weight is 671 g/mol. The molecule has 0 aliphatic carbocycles. The highest BCUT2D eigenvalue weighted by Crippen LogP contribution is 2.40. The second kappa shape index (κ2) is 14.9. The smallest absolute Gasteiger partial charge is 0.270 e. The Kier molecular flexibility index (Phi) is 10.9. The number of benzene rings is 2. The van der Waals surface area contributed by atoms with Crippen LogP contribution in [-0.2, 0) is 16.6 Å². The van der Waals surface area contributed by atoms with Crippen LogP contribution in [0.5, 0.6) is 5.75 Å². The Hall–Kier alpha value is -3.57. The summed E-state index contributed by atoms with van der Waals surface area (Å²) in [5.74, 6) is -0.181. The highest BCUT2D eigenvalue weighted by Gasteiger charge is 2.46. The van der Waals surface area contributed by atoms with Crippen molar-refractivity contribution >= 4 is 40.9 Å². The first-order valence-corrected chi connectivity index (χ1v) is 16.5. The zero-order valence-electron chi connectivity index (χ0n) is 26.1. The highest BCUT2D eigenvalue weighted by molar-refractivity contribution is 6.36. The third-order valence-corrected chi connectivity index (χ3v) is 9.70. The van der Waals surface area contributed by atoms with Crippen molar-refractivity contribution in [1.29, 1.82) is 0 Å². The summed E-state index contributed by atoms with van der Waals surface area (Å²) in [5, 5.41) is 12.4. The van der Waals surface area contributed by atoms with Crippen LogP contribution in [0.3, 0.4) is 0 Å². The van der Waals surface area contributed by atoms with Crippen molar-refractivity contribution in [1.82, 2.24) is 19.7 Å². The van der Waals surface area contributed by atoms with Gasteiger partial charge in [0.15, 0.2) is 0 Å². The number of nitrogens with one attached hydrogen (secondary N) is 1. The molecule has 0 spiro atoms. The molecule has 2 fully saturated rings. The molecule has 0 saturated carbocycles. The summed E-state index contributed by atoms with van der Waals surface area (Å²) < 4.78 is 7.73. The maximum absolute atomic E-state index is 14.1. The van der Waals surface area contributed by atoms with Crippen LogP contribution in [0.25, 0.3) is 22.4 Å². The van der Waals surface area contributed by atoms with Gasteiger partial charge in [-0.05, 0) is 93.2 Å². The number of amides is 3. The van der Waals surface area contributed by atoms with E-state index in [0.29, 0.717) is 67.0 Å². The molecule has 2 saturated heterocycles. The predicted molar refractivity (Wildman–Crippen MR) is 179 cm³/mol. The Morgan fingerprint density at radius 2 is 1.65 bits per heavy atom. The summed E-state index contributed by atoms with van der Waals surface area (Å²) in [6.07, 6.45) is 4.88. The zero-order valence-corrected chi connectivity index (χ0v) is 27.6. The van der Waals surface area contributed by atoms with E-state index < -0.39 is 18.1 Å². The minimum Gasteiger partial charge on any atom is -0.494 e. The lowest BCUT2D eigenvalue weighted by atomic mass is 9.83. The van der Waals surface area contributed by atoms with Crippen LogP contribution in [0.1, 0.15) is 49.0 Å². The number of aromatic nitrogens is 1. The van der Waals surface area contributed by atoms with Crippen LogP contribution in [0, 0.1) is 0 Å². The van der Waals surface area contributed by atoms with Crippen LogP contribution < -0.4 is 15.8 Å². The van der Waals surface area contributed by atoms with Crippen molar-refractivity contribution < 1.29 is 24.2 Å². The number of piperidine rings is 2. The molecule has 2 aromatic carbocycles. The van der Waals surface area contributed by atoms with Crippen LogP contribution in [-0.4, -0.2) is 88.7 Å². The summed E-state index contributed by atoms with van der Waals surface area (Å²) >= 11 is 12.9. The van der Waals surface area contributed by atoms with Gasteiger partial charge in [0, 0.05) is 47.9 Å². The van der Waals surface area contributed by atoms with E-state index >= 15 is 0 Å². The lowest BCUT2D eigenvalue weighted by molar-refractivity contribution is -0.134. The largest absolute Gasteiger partial charge is 0.494 e. The maximum Gasteiger partial charge on any atom is 0.270 e. The average Bonchev–Trinajstić information content (AvgIpc) is 3.41. The van der Waals surface area contributed by atoms with E-state index in [4.69, 9.17) is 38.8 Å². The number of ether oxygens (including phenoxy) is 1.